The van der Waals surface area contributed by atoms with Gasteiger partial charge in [-0.15, -0.1) is 11.8 Å². The molecule has 1 heterocycles. The standard InChI is InChI=1S/C13H20N2O4S/c1-2-11(16)15-7-20-6-10(15)12(17)14-9-4-3-8(5-9)13(18)19/h8-10H,2-7H2,1H3,(H,14,17)(H,18,19)/t8-,9+,10?/m0/s1. The number of nitrogens with zero attached hydrogens (tertiary/aromatic N) is 1. The van der Waals surface area contributed by atoms with Crippen LogP contribution in [0.3, 0.4) is 0 Å². The van der Waals surface area contributed by atoms with Crippen molar-refractivity contribution >= 4 is 29.5 Å². The van der Waals surface area contributed by atoms with E-state index in [0.29, 0.717) is 37.3 Å². The van der Waals surface area contributed by atoms with E-state index in [0.717, 1.165) is 0 Å². The minimum atomic E-state index is -0.791. The number of amides is 2. The van der Waals surface area contributed by atoms with Crippen LogP contribution in [0.1, 0.15) is 32.6 Å². The lowest BCUT2D eigenvalue weighted by Gasteiger charge is -2.24. The van der Waals surface area contributed by atoms with Gasteiger partial charge >= 0.3 is 5.97 Å². The quantitative estimate of drug-likeness (QED) is 0.797. The van der Waals surface area contributed by atoms with E-state index in [1.54, 1.807) is 23.6 Å². The summed E-state index contributed by atoms with van der Waals surface area (Å²) in [5.41, 5.74) is 0. The summed E-state index contributed by atoms with van der Waals surface area (Å²) in [5, 5.41) is 11.9. The molecule has 2 N–H and O–H groups in total. The van der Waals surface area contributed by atoms with Gasteiger partial charge < -0.3 is 15.3 Å². The summed E-state index contributed by atoms with van der Waals surface area (Å²) >= 11 is 1.58. The zero-order chi connectivity index (χ0) is 14.7. The Morgan fingerprint density at radius 1 is 1.35 bits per heavy atom. The first-order valence-corrected chi connectivity index (χ1v) is 8.08. The predicted molar refractivity (Wildman–Crippen MR) is 75.2 cm³/mol. The van der Waals surface area contributed by atoms with E-state index in [1.165, 1.54) is 0 Å². The second kappa shape index (κ2) is 6.47. The molecule has 1 unspecified atom stereocenters. The normalized spacial score (nSPS) is 29.4. The van der Waals surface area contributed by atoms with Crippen molar-refractivity contribution in [3.05, 3.63) is 0 Å². The maximum absolute atomic E-state index is 12.2. The number of hydrogen-bond donors (Lipinski definition) is 2. The molecule has 0 aromatic rings. The molecular formula is C13H20N2O4S. The zero-order valence-corrected chi connectivity index (χ0v) is 12.3. The highest BCUT2D eigenvalue weighted by molar-refractivity contribution is 7.99. The first kappa shape index (κ1) is 15.2. The van der Waals surface area contributed by atoms with Crippen LogP contribution >= 0.6 is 11.8 Å². The van der Waals surface area contributed by atoms with Gasteiger partial charge in [0.1, 0.15) is 6.04 Å². The molecule has 1 aliphatic heterocycles. The van der Waals surface area contributed by atoms with E-state index >= 15 is 0 Å². The number of carboxylic acids is 1. The van der Waals surface area contributed by atoms with Crippen LogP contribution < -0.4 is 5.32 Å². The van der Waals surface area contributed by atoms with Crippen molar-refractivity contribution in [2.24, 2.45) is 5.92 Å². The van der Waals surface area contributed by atoms with Gasteiger partial charge in [-0.2, -0.15) is 0 Å². The van der Waals surface area contributed by atoms with Crippen LogP contribution in [0.25, 0.3) is 0 Å². The van der Waals surface area contributed by atoms with Crippen LogP contribution in [0.5, 0.6) is 0 Å². The Bertz CT molecular complexity index is 415. The molecule has 112 valence electrons. The third-order valence-electron chi connectivity index (χ3n) is 3.94. The fourth-order valence-electron chi connectivity index (χ4n) is 2.74. The number of carboxylic acid groups (broad SMARTS) is 1. The molecule has 0 bridgehead atoms. The molecule has 1 saturated heterocycles. The molecule has 20 heavy (non-hydrogen) atoms. The Morgan fingerprint density at radius 2 is 2.10 bits per heavy atom. The van der Waals surface area contributed by atoms with Gasteiger partial charge in [0.15, 0.2) is 0 Å². The smallest absolute Gasteiger partial charge is 0.306 e. The molecule has 2 rings (SSSR count). The van der Waals surface area contributed by atoms with E-state index in [9.17, 15) is 14.4 Å². The minimum absolute atomic E-state index is 0.00927. The van der Waals surface area contributed by atoms with Crippen molar-refractivity contribution in [3.8, 4) is 0 Å². The lowest BCUT2D eigenvalue weighted by molar-refractivity contribution is -0.141. The Morgan fingerprint density at radius 3 is 2.70 bits per heavy atom. The molecule has 3 atom stereocenters. The molecule has 0 aromatic carbocycles. The number of hydrogen-bond acceptors (Lipinski definition) is 4. The van der Waals surface area contributed by atoms with E-state index in [1.807, 2.05) is 0 Å². The summed E-state index contributed by atoms with van der Waals surface area (Å²) < 4.78 is 0. The molecule has 6 nitrogen and oxygen atoms in total. The molecule has 2 amide bonds. The van der Waals surface area contributed by atoms with Crippen molar-refractivity contribution in [1.82, 2.24) is 10.2 Å². The van der Waals surface area contributed by atoms with Crippen molar-refractivity contribution in [2.45, 2.75) is 44.7 Å². The molecule has 2 aliphatic rings. The molecule has 2 fully saturated rings. The molecule has 0 aromatic heterocycles. The van der Waals surface area contributed by atoms with Gasteiger partial charge in [-0.05, 0) is 19.3 Å². The monoisotopic (exact) mass is 300 g/mol. The fourth-order valence-corrected chi connectivity index (χ4v) is 3.92. The van der Waals surface area contributed by atoms with E-state index < -0.39 is 12.0 Å². The van der Waals surface area contributed by atoms with Crippen molar-refractivity contribution in [3.63, 3.8) is 0 Å². The summed E-state index contributed by atoms with van der Waals surface area (Å²) in [6, 6.07) is -0.482. The Kier molecular flexibility index (Phi) is 4.91. The van der Waals surface area contributed by atoms with Crippen molar-refractivity contribution < 1.29 is 19.5 Å². The van der Waals surface area contributed by atoms with Crippen LogP contribution in [0.4, 0.5) is 0 Å². The predicted octanol–water partition coefficient (Wildman–Crippen LogP) is 0.667. The molecule has 1 saturated carbocycles. The van der Waals surface area contributed by atoms with Crippen LogP contribution in [0.15, 0.2) is 0 Å². The Balaban J connectivity index is 1.89. The van der Waals surface area contributed by atoms with Gasteiger partial charge in [0.2, 0.25) is 11.8 Å². The topological polar surface area (TPSA) is 86.7 Å². The SMILES string of the molecule is CCC(=O)N1CSCC1C(=O)N[C@@H]1CC[C@H](C(=O)O)C1. The first-order chi connectivity index (χ1) is 9.52. The first-order valence-electron chi connectivity index (χ1n) is 6.93. The van der Waals surface area contributed by atoms with Crippen molar-refractivity contribution in [2.75, 3.05) is 11.6 Å². The van der Waals surface area contributed by atoms with Crippen LogP contribution in [-0.4, -0.2) is 51.5 Å². The van der Waals surface area contributed by atoms with Gasteiger partial charge in [0.05, 0.1) is 11.8 Å². The summed E-state index contributed by atoms with van der Waals surface area (Å²) in [6.45, 7) is 1.79. The third-order valence-corrected chi connectivity index (χ3v) is 4.95. The number of carbonyl (C=O) groups is 3. The number of thioether (sulfide) groups is 1. The zero-order valence-electron chi connectivity index (χ0n) is 11.5. The highest BCUT2D eigenvalue weighted by Gasteiger charge is 2.36. The molecule has 0 radical (unpaired) electrons. The van der Waals surface area contributed by atoms with Gasteiger partial charge in [0, 0.05) is 18.2 Å². The van der Waals surface area contributed by atoms with E-state index in [-0.39, 0.29) is 23.8 Å². The highest BCUT2D eigenvalue weighted by Crippen LogP contribution is 2.27. The summed E-state index contributed by atoms with van der Waals surface area (Å²) in [7, 11) is 0. The Labute approximate surface area is 122 Å². The number of carbonyl (C=O) groups excluding carboxylic acids is 2. The fraction of sp³-hybridized carbons (Fsp3) is 0.769. The second-order valence-corrected chi connectivity index (χ2v) is 6.29. The van der Waals surface area contributed by atoms with Crippen LogP contribution in [-0.2, 0) is 14.4 Å². The van der Waals surface area contributed by atoms with Crippen LogP contribution in [0.2, 0.25) is 0 Å². The highest BCUT2D eigenvalue weighted by atomic mass is 32.2. The maximum Gasteiger partial charge on any atom is 0.306 e. The van der Waals surface area contributed by atoms with Gasteiger partial charge in [-0.3, -0.25) is 14.4 Å². The second-order valence-electron chi connectivity index (χ2n) is 5.29. The van der Waals surface area contributed by atoms with Gasteiger partial charge in [-0.25, -0.2) is 0 Å². The summed E-state index contributed by atoms with van der Waals surface area (Å²) in [6.07, 6.45) is 2.19. The van der Waals surface area contributed by atoms with E-state index in [4.69, 9.17) is 5.11 Å². The Hall–Kier alpha value is -1.24. The number of aliphatic carboxylic acids is 1. The number of nitrogens with one attached hydrogen (secondary N) is 1. The molecule has 7 heteroatoms. The minimum Gasteiger partial charge on any atom is -0.481 e. The van der Waals surface area contributed by atoms with Gasteiger partial charge in [-0.1, -0.05) is 6.92 Å². The average molecular weight is 300 g/mol. The summed E-state index contributed by atoms with van der Waals surface area (Å²) in [5.74, 6) is -0.120. The third kappa shape index (κ3) is 3.26. The number of rotatable bonds is 4. The lowest BCUT2D eigenvalue weighted by atomic mass is 10.1. The molecular weight excluding hydrogens is 280 g/mol. The van der Waals surface area contributed by atoms with Crippen LogP contribution in [0, 0.1) is 5.92 Å². The summed E-state index contributed by atoms with van der Waals surface area (Å²) in [4.78, 5) is 36.5. The largest absolute Gasteiger partial charge is 0.481 e. The maximum atomic E-state index is 12.2. The van der Waals surface area contributed by atoms with Gasteiger partial charge in [0.25, 0.3) is 0 Å². The molecule has 0 spiro atoms. The average Bonchev–Trinajstić information content (AvgIpc) is 3.06. The van der Waals surface area contributed by atoms with E-state index in [2.05, 4.69) is 5.32 Å². The van der Waals surface area contributed by atoms with Crippen molar-refractivity contribution in [1.29, 1.82) is 0 Å². The lowest BCUT2D eigenvalue weighted by Crippen LogP contribution is -2.49. The molecule has 1 aliphatic carbocycles.